The van der Waals surface area contributed by atoms with Crippen molar-refractivity contribution in [2.24, 2.45) is 0 Å². The largest absolute Gasteiger partial charge is 0.588 e. The van der Waals surface area contributed by atoms with Gasteiger partial charge in [-0.05, 0) is 24.3 Å². The lowest BCUT2D eigenvalue weighted by Gasteiger charge is -2.18. The summed E-state index contributed by atoms with van der Waals surface area (Å²) in [5.41, 5.74) is 1.90. The number of benzene rings is 2. The van der Waals surface area contributed by atoms with Crippen molar-refractivity contribution in [2.45, 2.75) is 11.4 Å². The van der Waals surface area contributed by atoms with Crippen LogP contribution in [-0.4, -0.2) is 4.55 Å². The molecule has 18 heavy (non-hydrogen) atoms. The molecule has 2 nitrogen and oxygen atoms in total. The van der Waals surface area contributed by atoms with Gasteiger partial charge in [-0.1, -0.05) is 41.4 Å². The molecule has 0 radical (unpaired) electrons. The van der Waals surface area contributed by atoms with Crippen LogP contribution in [0.2, 0.25) is 10.0 Å². The van der Waals surface area contributed by atoms with E-state index in [1.54, 1.807) is 12.1 Å². The molecule has 1 atom stereocenters. The Morgan fingerprint density at radius 3 is 2.56 bits per heavy atom. The van der Waals surface area contributed by atoms with E-state index in [-0.39, 0.29) is 0 Å². The molecular weight excluding hydrogens is 289 g/mol. The summed E-state index contributed by atoms with van der Waals surface area (Å²) in [6.45, 7) is 0.626. The Morgan fingerprint density at radius 1 is 1.06 bits per heavy atom. The summed E-state index contributed by atoms with van der Waals surface area (Å²) in [5, 5.41) is 0.977. The molecule has 3 rings (SSSR count). The normalized spacial score (nSPS) is 17.9. The van der Waals surface area contributed by atoms with E-state index >= 15 is 0 Å². The molecule has 5 heteroatoms. The number of nitrogens with zero attached hydrogens (tertiary/aromatic N) is 1. The summed E-state index contributed by atoms with van der Waals surface area (Å²) in [7, 11) is 0. The van der Waals surface area contributed by atoms with E-state index in [1.807, 2.05) is 34.6 Å². The van der Waals surface area contributed by atoms with Crippen LogP contribution in [-0.2, 0) is 17.9 Å². The van der Waals surface area contributed by atoms with E-state index in [9.17, 15) is 4.55 Å². The van der Waals surface area contributed by atoms with Crippen LogP contribution in [0.1, 0.15) is 5.56 Å². The van der Waals surface area contributed by atoms with E-state index in [1.165, 1.54) is 0 Å². The Kier molecular flexibility index (Phi) is 3.16. The zero-order valence-corrected chi connectivity index (χ0v) is 11.6. The maximum atomic E-state index is 12.4. The Morgan fingerprint density at radius 2 is 1.83 bits per heavy atom. The maximum absolute atomic E-state index is 12.4. The molecule has 1 aliphatic heterocycles. The summed E-state index contributed by atoms with van der Waals surface area (Å²) >= 11 is 10.7. The molecule has 0 fully saturated rings. The highest BCUT2D eigenvalue weighted by Crippen LogP contribution is 2.36. The van der Waals surface area contributed by atoms with Gasteiger partial charge in [-0.3, -0.25) is 0 Å². The second-order valence-electron chi connectivity index (χ2n) is 3.99. The van der Waals surface area contributed by atoms with Crippen molar-refractivity contribution in [1.82, 2.24) is 0 Å². The quantitative estimate of drug-likeness (QED) is 0.743. The predicted molar refractivity (Wildman–Crippen MR) is 75.5 cm³/mol. The van der Waals surface area contributed by atoms with Crippen molar-refractivity contribution in [3.63, 3.8) is 0 Å². The Hall–Kier alpha value is -0.870. The zero-order valence-electron chi connectivity index (χ0n) is 9.27. The lowest BCUT2D eigenvalue weighted by atomic mass is 10.2. The maximum Gasteiger partial charge on any atom is 0.185 e. The monoisotopic (exact) mass is 297 g/mol. The van der Waals surface area contributed by atoms with Gasteiger partial charge in [0, 0.05) is 5.56 Å². The highest BCUT2D eigenvalue weighted by atomic mass is 35.5. The van der Waals surface area contributed by atoms with E-state index in [2.05, 4.69) is 0 Å². The average molecular weight is 298 g/mol. The summed E-state index contributed by atoms with van der Waals surface area (Å²) in [6.07, 6.45) is 0. The number of halogens is 2. The van der Waals surface area contributed by atoms with Crippen LogP contribution >= 0.6 is 23.2 Å². The third kappa shape index (κ3) is 1.97. The van der Waals surface area contributed by atoms with Gasteiger partial charge in [0.2, 0.25) is 0 Å². The molecule has 0 amide bonds. The van der Waals surface area contributed by atoms with Crippen LogP contribution in [0.3, 0.4) is 0 Å². The van der Waals surface area contributed by atoms with Gasteiger partial charge < -0.3 is 4.55 Å². The molecule has 92 valence electrons. The van der Waals surface area contributed by atoms with Gasteiger partial charge in [0.1, 0.15) is 11.4 Å². The third-order valence-electron chi connectivity index (χ3n) is 2.87. The predicted octanol–water partition coefficient (Wildman–Crippen LogP) is 4.04. The van der Waals surface area contributed by atoms with Crippen LogP contribution in [0.15, 0.2) is 47.4 Å². The second kappa shape index (κ2) is 4.67. The standard InChI is InChI=1S/C13H9Cl2NOS/c14-11-6-5-10(7-12(11)15)16-8-9-3-1-2-4-13(9)18(16)17/h1-7H,8H2. The Bertz CT molecular complexity index is 605. The number of anilines is 1. The van der Waals surface area contributed by atoms with Crippen LogP contribution in [0.25, 0.3) is 0 Å². The number of fused-ring (bicyclic) bond motifs is 1. The number of rotatable bonds is 1. The minimum absolute atomic E-state index is 0.474. The molecule has 0 bridgehead atoms. The molecular formula is C13H9Cl2NOS. The fourth-order valence-electron chi connectivity index (χ4n) is 1.96. The third-order valence-corrected chi connectivity index (χ3v) is 5.12. The van der Waals surface area contributed by atoms with Crippen LogP contribution < -0.4 is 4.31 Å². The number of hydrogen-bond acceptors (Lipinski definition) is 2. The molecule has 1 unspecified atom stereocenters. The number of hydrogen-bond donors (Lipinski definition) is 0. The second-order valence-corrected chi connectivity index (χ2v) is 6.19. The fraction of sp³-hybridized carbons (Fsp3) is 0.0769. The van der Waals surface area contributed by atoms with Crippen molar-refractivity contribution in [1.29, 1.82) is 0 Å². The minimum atomic E-state index is -1.17. The first-order valence-electron chi connectivity index (χ1n) is 5.39. The average Bonchev–Trinajstić information content (AvgIpc) is 2.71. The first kappa shape index (κ1) is 12.2. The lowest BCUT2D eigenvalue weighted by molar-refractivity contribution is 0.595. The van der Waals surface area contributed by atoms with Gasteiger partial charge in [0.15, 0.2) is 4.90 Å². The molecule has 0 saturated carbocycles. The van der Waals surface area contributed by atoms with Crippen molar-refractivity contribution in [2.75, 3.05) is 4.31 Å². The SMILES string of the molecule is [O-][S+]1c2ccccc2CN1c1ccc(Cl)c(Cl)c1. The van der Waals surface area contributed by atoms with Gasteiger partial charge in [-0.2, -0.15) is 4.31 Å². The van der Waals surface area contributed by atoms with Crippen molar-refractivity contribution >= 4 is 40.3 Å². The summed E-state index contributed by atoms with van der Waals surface area (Å²) < 4.78 is 14.2. The highest BCUT2D eigenvalue weighted by molar-refractivity contribution is 7.93. The summed E-state index contributed by atoms with van der Waals surface area (Å²) in [4.78, 5) is 0.864. The molecule has 2 aromatic carbocycles. The molecule has 0 saturated heterocycles. The van der Waals surface area contributed by atoms with Gasteiger partial charge in [-0.25, -0.2) is 0 Å². The minimum Gasteiger partial charge on any atom is -0.588 e. The summed E-state index contributed by atoms with van der Waals surface area (Å²) in [5.74, 6) is 0. The van der Waals surface area contributed by atoms with E-state index in [0.717, 1.165) is 16.1 Å². The van der Waals surface area contributed by atoms with Gasteiger partial charge in [0.05, 0.1) is 22.3 Å². The van der Waals surface area contributed by atoms with Gasteiger partial charge >= 0.3 is 0 Å². The van der Waals surface area contributed by atoms with Crippen molar-refractivity contribution < 1.29 is 4.55 Å². The molecule has 1 heterocycles. The lowest BCUT2D eigenvalue weighted by Crippen LogP contribution is -2.23. The van der Waals surface area contributed by atoms with Gasteiger partial charge in [-0.15, -0.1) is 0 Å². The molecule has 2 aromatic rings. The Balaban J connectivity index is 1.98. The van der Waals surface area contributed by atoms with E-state index in [4.69, 9.17) is 23.2 Å². The fourth-order valence-corrected chi connectivity index (χ4v) is 3.61. The van der Waals surface area contributed by atoms with Crippen LogP contribution in [0.4, 0.5) is 5.69 Å². The topological polar surface area (TPSA) is 26.3 Å². The zero-order chi connectivity index (χ0) is 12.7. The molecule has 0 aliphatic carbocycles. The highest BCUT2D eigenvalue weighted by Gasteiger charge is 2.33. The Labute approximate surface area is 118 Å². The molecule has 0 aromatic heterocycles. The van der Waals surface area contributed by atoms with E-state index in [0.29, 0.717) is 16.6 Å². The van der Waals surface area contributed by atoms with Gasteiger partial charge in [0.25, 0.3) is 0 Å². The smallest absolute Gasteiger partial charge is 0.185 e. The van der Waals surface area contributed by atoms with Crippen LogP contribution in [0.5, 0.6) is 0 Å². The first-order valence-corrected chi connectivity index (χ1v) is 7.25. The van der Waals surface area contributed by atoms with Crippen molar-refractivity contribution in [3.8, 4) is 0 Å². The molecule has 0 spiro atoms. The van der Waals surface area contributed by atoms with E-state index < -0.39 is 11.4 Å². The molecule has 0 N–H and O–H groups in total. The molecule has 1 aliphatic rings. The first-order chi connectivity index (χ1) is 8.66. The summed E-state index contributed by atoms with van der Waals surface area (Å²) in [6, 6.07) is 13.0. The van der Waals surface area contributed by atoms with Crippen molar-refractivity contribution in [3.05, 3.63) is 58.1 Å². The van der Waals surface area contributed by atoms with Crippen LogP contribution in [0, 0.1) is 0 Å².